The number of imide groups is 1. The minimum Gasteiger partial charge on any atom is -0.294 e. The molecule has 23 heavy (non-hydrogen) atoms. The minimum absolute atomic E-state index is 0.274. The molecule has 0 radical (unpaired) electrons. The van der Waals surface area contributed by atoms with Crippen molar-refractivity contribution < 1.29 is 14.4 Å². The summed E-state index contributed by atoms with van der Waals surface area (Å²) < 4.78 is 0. The van der Waals surface area contributed by atoms with E-state index in [9.17, 15) is 9.59 Å². The molecule has 0 spiro atoms. The zero-order chi connectivity index (χ0) is 16.0. The Hall–Kier alpha value is -2.66. The van der Waals surface area contributed by atoms with Crippen LogP contribution in [-0.2, 0) is 14.4 Å². The quantitative estimate of drug-likeness (QED) is 0.864. The Balaban J connectivity index is 1.80. The van der Waals surface area contributed by atoms with Crippen LogP contribution in [0, 0.1) is 12.8 Å². The molecule has 2 aliphatic rings. The van der Waals surface area contributed by atoms with Crippen LogP contribution >= 0.6 is 0 Å². The van der Waals surface area contributed by atoms with Crippen molar-refractivity contribution in [1.29, 1.82) is 0 Å². The Morgan fingerprint density at radius 3 is 2.35 bits per heavy atom. The van der Waals surface area contributed by atoms with Crippen LogP contribution in [0.15, 0.2) is 54.6 Å². The zero-order valence-corrected chi connectivity index (χ0v) is 12.6. The summed E-state index contributed by atoms with van der Waals surface area (Å²) in [7, 11) is 0. The highest BCUT2D eigenvalue weighted by atomic mass is 16.7. The molecule has 1 N–H and O–H groups in total. The van der Waals surface area contributed by atoms with Gasteiger partial charge in [-0.1, -0.05) is 48.0 Å². The van der Waals surface area contributed by atoms with Gasteiger partial charge in [0.05, 0.1) is 11.7 Å². The summed E-state index contributed by atoms with van der Waals surface area (Å²) in [6.07, 6.45) is -0.769. The monoisotopic (exact) mass is 308 g/mol. The van der Waals surface area contributed by atoms with Crippen molar-refractivity contribution in [3.8, 4) is 0 Å². The second kappa shape index (κ2) is 5.21. The molecule has 2 aromatic rings. The van der Waals surface area contributed by atoms with Gasteiger partial charge in [-0.3, -0.25) is 19.7 Å². The first-order chi connectivity index (χ1) is 11.1. The number of anilines is 1. The zero-order valence-electron chi connectivity index (χ0n) is 12.6. The molecule has 4 rings (SSSR count). The van der Waals surface area contributed by atoms with Crippen LogP contribution in [0.3, 0.4) is 0 Å². The van der Waals surface area contributed by atoms with Gasteiger partial charge in [-0.05, 0) is 24.6 Å². The van der Waals surface area contributed by atoms with Crippen LogP contribution in [0.2, 0.25) is 0 Å². The number of fused-ring (bicyclic) bond motifs is 1. The molecule has 2 amide bonds. The van der Waals surface area contributed by atoms with Gasteiger partial charge in [0.2, 0.25) is 5.91 Å². The van der Waals surface area contributed by atoms with Crippen molar-refractivity contribution in [1.82, 2.24) is 5.32 Å². The van der Waals surface area contributed by atoms with Gasteiger partial charge in [0.15, 0.2) is 6.10 Å². The highest BCUT2D eigenvalue weighted by Crippen LogP contribution is 2.44. The second-order valence-electron chi connectivity index (χ2n) is 5.92. The number of para-hydroxylation sites is 1. The maximum atomic E-state index is 12.3. The molecule has 2 aliphatic heterocycles. The lowest BCUT2D eigenvalue weighted by Gasteiger charge is -2.27. The lowest BCUT2D eigenvalue weighted by atomic mass is 9.90. The van der Waals surface area contributed by atoms with Crippen LogP contribution in [0.5, 0.6) is 0 Å². The molecule has 2 aromatic carbocycles. The number of benzene rings is 2. The Kier molecular flexibility index (Phi) is 3.16. The number of aryl methyl sites for hydroxylation is 1. The molecule has 0 unspecified atom stereocenters. The molecular weight excluding hydrogens is 292 g/mol. The molecule has 0 saturated carbocycles. The first-order valence-electron chi connectivity index (χ1n) is 7.57. The highest BCUT2D eigenvalue weighted by molar-refractivity contribution is 6.07. The van der Waals surface area contributed by atoms with E-state index >= 15 is 0 Å². The average molecular weight is 308 g/mol. The summed E-state index contributed by atoms with van der Waals surface area (Å²) in [5, 5.41) is 4.06. The lowest BCUT2D eigenvalue weighted by molar-refractivity contribution is -0.129. The largest absolute Gasteiger partial charge is 0.294 e. The van der Waals surface area contributed by atoms with E-state index in [1.165, 1.54) is 0 Å². The highest BCUT2D eigenvalue weighted by Gasteiger charge is 2.56. The number of nitrogens with zero attached hydrogens (tertiary/aromatic N) is 1. The van der Waals surface area contributed by atoms with Gasteiger partial charge in [0.1, 0.15) is 5.92 Å². The maximum absolute atomic E-state index is 12.3. The average Bonchev–Trinajstić information content (AvgIpc) is 3.08. The smallest absolute Gasteiger partial charge is 0.259 e. The van der Waals surface area contributed by atoms with Crippen molar-refractivity contribution in [3.05, 3.63) is 65.7 Å². The second-order valence-corrected chi connectivity index (χ2v) is 5.92. The maximum Gasteiger partial charge on any atom is 0.259 e. The van der Waals surface area contributed by atoms with Gasteiger partial charge < -0.3 is 0 Å². The van der Waals surface area contributed by atoms with E-state index in [4.69, 9.17) is 4.84 Å². The number of hydrogen-bond donors (Lipinski definition) is 1. The van der Waals surface area contributed by atoms with E-state index in [0.717, 1.165) is 16.8 Å². The van der Waals surface area contributed by atoms with E-state index in [1.807, 2.05) is 61.5 Å². The lowest BCUT2D eigenvalue weighted by Crippen LogP contribution is -2.33. The third kappa shape index (κ3) is 2.21. The summed E-state index contributed by atoms with van der Waals surface area (Å²) in [4.78, 5) is 30.1. The number of rotatable bonds is 2. The van der Waals surface area contributed by atoms with E-state index in [0.29, 0.717) is 0 Å². The van der Waals surface area contributed by atoms with Crippen LogP contribution in [0.25, 0.3) is 0 Å². The number of amides is 2. The van der Waals surface area contributed by atoms with E-state index in [2.05, 4.69) is 5.32 Å². The Labute approximate surface area is 133 Å². The fourth-order valence-corrected chi connectivity index (χ4v) is 3.24. The van der Waals surface area contributed by atoms with Gasteiger partial charge >= 0.3 is 0 Å². The standard InChI is InChI=1S/C18H16N2O3/c1-11-7-9-12(10-8-11)15-14-16(18(22)19-17(14)21)23-20(15)13-5-3-2-4-6-13/h2-10,14-16H,1H3,(H,19,21,22)/t14-,15+,16+/m0/s1. The topological polar surface area (TPSA) is 58.6 Å². The minimum atomic E-state index is -0.769. The van der Waals surface area contributed by atoms with Crippen molar-refractivity contribution >= 4 is 17.5 Å². The van der Waals surface area contributed by atoms with Crippen LogP contribution in [0.1, 0.15) is 17.2 Å². The van der Waals surface area contributed by atoms with Gasteiger partial charge in [-0.15, -0.1) is 0 Å². The molecule has 0 bridgehead atoms. The summed E-state index contributed by atoms with van der Waals surface area (Å²) >= 11 is 0. The summed E-state index contributed by atoms with van der Waals surface area (Å²) in [6.45, 7) is 2.01. The summed E-state index contributed by atoms with van der Waals surface area (Å²) in [5.41, 5.74) is 2.92. The molecule has 2 fully saturated rings. The van der Waals surface area contributed by atoms with Crippen LogP contribution < -0.4 is 10.4 Å². The number of nitrogens with one attached hydrogen (secondary N) is 1. The van der Waals surface area contributed by atoms with Crippen molar-refractivity contribution in [2.24, 2.45) is 5.92 Å². The molecule has 116 valence electrons. The number of carbonyl (C=O) groups excluding carboxylic acids is 2. The van der Waals surface area contributed by atoms with E-state index < -0.39 is 12.0 Å². The number of hydrogen-bond acceptors (Lipinski definition) is 4. The SMILES string of the molecule is Cc1ccc([C@@H]2[C@@H]3C(=O)NC(=O)[C@@H]3ON2c2ccccc2)cc1. The van der Waals surface area contributed by atoms with Crippen molar-refractivity contribution in [2.75, 3.05) is 5.06 Å². The Morgan fingerprint density at radius 2 is 1.65 bits per heavy atom. The number of carbonyl (C=O) groups is 2. The van der Waals surface area contributed by atoms with Crippen molar-refractivity contribution in [3.63, 3.8) is 0 Å². The fourth-order valence-electron chi connectivity index (χ4n) is 3.24. The predicted molar refractivity (Wildman–Crippen MR) is 84.4 cm³/mol. The van der Waals surface area contributed by atoms with Gasteiger partial charge in [-0.25, -0.2) is 5.06 Å². The third-order valence-corrected chi connectivity index (χ3v) is 4.38. The van der Waals surface area contributed by atoms with E-state index in [-0.39, 0.29) is 17.9 Å². The third-order valence-electron chi connectivity index (χ3n) is 4.38. The number of hydroxylamine groups is 1. The first-order valence-corrected chi connectivity index (χ1v) is 7.57. The van der Waals surface area contributed by atoms with E-state index in [1.54, 1.807) is 5.06 Å². The molecular formula is C18H16N2O3. The van der Waals surface area contributed by atoms with Gasteiger partial charge in [0.25, 0.3) is 5.91 Å². The molecule has 2 saturated heterocycles. The summed E-state index contributed by atoms with van der Waals surface area (Å²) in [6, 6.07) is 17.2. The van der Waals surface area contributed by atoms with Crippen LogP contribution in [-0.4, -0.2) is 17.9 Å². The summed E-state index contributed by atoms with van der Waals surface area (Å²) in [5.74, 6) is -1.18. The predicted octanol–water partition coefficient (Wildman–Crippen LogP) is 2.13. The first kappa shape index (κ1) is 14.0. The van der Waals surface area contributed by atoms with Crippen molar-refractivity contribution in [2.45, 2.75) is 19.1 Å². The van der Waals surface area contributed by atoms with Crippen LogP contribution in [0.4, 0.5) is 5.69 Å². The molecule has 5 nitrogen and oxygen atoms in total. The molecule has 0 aromatic heterocycles. The fraction of sp³-hybridized carbons (Fsp3) is 0.222. The molecule has 2 heterocycles. The van der Waals surface area contributed by atoms with Gasteiger partial charge in [0, 0.05) is 0 Å². The normalized spacial score (nSPS) is 26.3. The Morgan fingerprint density at radius 1 is 0.957 bits per heavy atom. The molecule has 0 aliphatic carbocycles. The van der Waals surface area contributed by atoms with Gasteiger partial charge in [-0.2, -0.15) is 0 Å². The molecule has 3 atom stereocenters. The Bertz CT molecular complexity index is 758. The molecule has 5 heteroatoms.